The molecule has 1 atom stereocenters. The van der Waals surface area contributed by atoms with E-state index in [4.69, 9.17) is 0 Å². The molecule has 28 heavy (non-hydrogen) atoms. The Morgan fingerprint density at radius 3 is 3.14 bits per heavy atom. The molecule has 1 aliphatic rings. The van der Waals surface area contributed by atoms with Gasteiger partial charge in [-0.25, -0.2) is 14.1 Å². The number of halogens is 1. The molecular weight excluding hydrogens is 357 g/mol. The molecule has 1 unspecified atom stereocenters. The highest BCUT2D eigenvalue weighted by molar-refractivity contribution is 5.83. The first-order chi connectivity index (χ1) is 13.7. The van der Waals surface area contributed by atoms with Gasteiger partial charge in [0.25, 0.3) is 0 Å². The van der Waals surface area contributed by atoms with Gasteiger partial charge in [-0.15, -0.1) is 0 Å². The van der Waals surface area contributed by atoms with Crippen molar-refractivity contribution in [1.29, 1.82) is 0 Å². The number of hydrogen-bond acceptors (Lipinski definition) is 3. The molecule has 7 nitrogen and oxygen atoms in total. The molecule has 3 aromatic rings. The summed E-state index contributed by atoms with van der Waals surface area (Å²) in [6.07, 6.45) is 5.51. The minimum atomic E-state index is -0.213. The number of aromatic amines is 1. The van der Waals surface area contributed by atoms with Crippen LogP contribution in [0.1, 0.15) is 30.6 Å². The zero-order valence-electron chi connectivity index (χ0n) is 16.3. The van der Waals surface area contributed by atoms with E-state index in [9.17, 15) is 4.39 Å². The average Bonchev–Trinajstić information content (AvgIpc) is 3.30. The minimum absolute atomic E-state index is 0.213. The standard InChI is InChI=1S/C20H26FN7/c1-3-18-26-19-7-5-15(12-28(19)27-18)25-20(22-2)23-9-8-13-11-24-17-6-4-14(21)10-16(13)17/h4,6,10-11,15,24H,3,5,7-9,12H2,1-2H3,(H2,22,23,25). The second kappa shape index (κ2) is 8.00. The lowest BCUT2D eigenvalue weighted by atomic mass is 10.1. The van der Waals surface area contributed by atoms with E-state index < -0.39 is 0 Å². The summed E-state index contributed by atoms with van der Waals surface area (Å²) in [6, 6.07) is 5.09. The van der Waals surface area contributed by atoms with Crippen molar-refractivity contribution >= 4 is 16.9 Å². The van der Waals surface area contributed by atoms with Gasteiger partial charge in [0, 0.05) is 49.6 Å². The van der Waals surface area contributed by atoms with Crippen molar-refractivity contribution in [3.63, 3.8) is 0 Å². The van der Waals surface area contributed by atoms with Gasteiger partial charge in [0.1, 0.15) is 11.6 Å². The summed E-state index contributed by atoms with van der Waals surface area (Å²) in [5.41, 5.74) is 2.05. The van der Waals surface area contributed by atoms with Gasteiger partial charge in [-0.05, 0) is 36.6 Å². The number of aromatic nitrogens is 4. The van der Waals surface area contributed by atoms with E-state index in [2.05, 4.69) is 37.6 Å². The summed E-state index contributed by atoms with van der Waals surface area (Å²) in [7, 11) is 1.77. The van der Waals surface area contributed by atoms with Crippen molar-refractivity contribution in [2.45, 2.75) is 45.2 Å². The van der Waals surface area contributed by atoms with Crippen LogP contribution in [0.4, 0.5) is 4.39 Å². The van der Waals surface area contributed by atoms with Crippen LogP contribution in [0.3, 0.4) is 0 Å². The highest BCUT2D eigenvalue weighted by Crippen LogP contribution is 2.19. The number of H-pyrrole nitrogens is 1. The van der Waals surface area contributed by atoms with Crippen molar-refractivity contribution < 1.29 is 4.39 Å². The van der Waals surface area contributed by atoms with E-state index >= 15 is 0 Å². The smallest absolute Gasteiger partial charge is 0.191 e. The molecule has 0 saturated heterocycles. The highest BCUT2D eigenvalue weighted by atomic mass is 19.1. The number of benzene rings is 1. The Morgan fingerprint density at radius 1 is 1.43 bits per heavy atom. The van der Waals surface area contributed by atoms with Crippen molar-refractivity contribution in [2.24, 2.45) is 4.99 Å². The Hall–Kier alpha value is -2.90. The SMILES string of the molecule is CCc1nc2n(n1)CC(NC(=NC)NCCc1c[nH]c3ccc(F)cc13)CC2. The van der Waals surface area contributed by atoms with Crippen LogP contribution in [0.5, 0.6) is 0 Å². The second-order valence-electron chi connectivity index (χ2n) is 7.11. The summed E-state index contributed by atoms with van der Waals surface area (Å²) in [6.45, 7) is 3.58. The van der Waals surface area contributed by atoms with E-state index in [1.165, 1.54) is 6.07 Å². The maximum atomic E-state index is 13.5. The van der Waals surface area contributed by atoms with Crippen molar-refractivity contribution in [3.05, 3.63) is 47.4 Å². The van der Waals surface area contributed by atoms with Gasteiger partial charge < -0.3 is 15.6 Å². The lowest BCUT2D eigenvalue weighted by molar-refractivity contribution is 0.392. The van der Waals surface area contributed by atoms with Gasteiger partial charge in [0.05, 0.1) is 6.54 Å². The Bertz CT molecular complexity index is 988. The molecule has 0 saturated carbocycles. The summed E-state index contributed by atoms with van der Waals surface area (Å²) in [5, 5.41) is 12.3. The van der Waals surface area contributed by atoms with E-state index in [0.717, 1.165) is 66.3 Å². The van der Waals surface area contributed by atoms with Crippen LogP contribution in [-0.2, 0) is 25.8 Å². The first kappa shape index (κ1) is 18.5. The topological polar surface area (TPSA) is 82.9 Å². The Balaban J connectivity index is 1.32. The molecule has 3 N–H and O–H groups in total. The Morgan fingerprint density at radius 2 is 2.32 bits per heavy atom. The van der Waals surface area contributed by atoms with E-state index in [1.54, 1.807) is 19.2 Å². The normalized spacial score (nSPS) is 17.0. The van der Waals surface area contributed by atoms with Crippen molar-refractivity contribution in [2.75, 3.05) is 13.6 Å². The van der Waals surface area contributed by atoms with Gasteiger partial charge in [-0.1, -0.05) is 6.92 Å². The molecule has 0 bridgehead atoms. The molecule has 3 heterocycles. The van der Waals surface area contributed by atoms with Gasteiger partial charge in [-0.3, -0.25) is 4.99 Å². The van der Waals surface area contributed by atoms with Crippen LogP contribution in [0.2, 0.25) is 0 Å². The number of aryl methyl sites for hydroxylation is 2. The highest BCUT2D eigenvalue weighted by Gasteiger charge is 2.22. The molecule has 0 radical (unpaired) electrons. The fraction of sp³-hybridized carbons (Fsp3) is 0.450. The Labute approximate surface area is 163 Å². The maximum absolute atomic E-state index is 13.5. The number of nitrogens with zero attached hydrogens (tertiary/aromatic N) is 4. The molecule has 0 spiro atoms. The molecule has 0 amide bonds. The van der Waals surface area contributed by atoms with Gasteiger partial charge in [0.15, 0.2) is 11.8 Å². The monoisotopic (exact) mass is 383 g/mol. The zero-order valence-corrected chi connectivity index (χ0v) is 16.3. The first-order valence-electron chi connectivity index (χ1n) is 9.81. The maximum Gasteiger partial charge on any atom is 0.191 e. The van der Waals surface area contributed by atoms with Crippen LogP contribution in [0.25, 0.3) is 10.9 Å². The summed E-state index contributed by atoms with van der Waals surface area (Å²) in [5.74, 6) is 2.54. The number of rotatable bonds is 5. The van der Waals surface area contributed by atoms with Crippen LogP contribution in [0, 0.1) is 5.82 Å². The fourth-order valence-corrected chi connectivity index (χ4v) is 3.69. The van der Waals surface area contributed by atoms with Crippen molar-refractivity contribution in [1.82, 2.24) is 30.4 Å². The third-order valence-electron chi connectivity index (χ3n) is 5.20. The predicted molar refractivity (Wildman–Crippen MR) is 108 cm³/mol. The third-order valence-corrected chi connectivity index (χ3v) is 5.20. The number of fused-ring (bicyclic) bond motifs is 2. The molecule has 0 aliphatic carbocycles. The molecular formula is C20H26FN7. The third kappa shape index (κ3) is 3.85. The number of guanidine groups is 1. The summed E-state index contributed by atoms with van der Waals surface area (Å²) in [4.78, 5) is 12.1. The molecule has 2 aromatic heterocycles. The number of hydrogen-bond donors (Lipinski definition) is 3. The summed E-state index contributed by atoms with van der Waals surface area (Å²) < 4.78 is 15.5. The first-order valence-corrected chi connectivity index (χ1v) is 9.81. The molecule has 0 fully saturated rings. The molecule has 1 aromatic carbocycles. The van der Waals surface area contributed by atoms with Crippen LogP contribution in [0.15, 0.2) is 29.4 Å². The quantitative estimate of drug-likeness (QED) is 0.466. The number of nitrogens with one attached hydrogen (secondary N) is 3. The Kier molecular flexibility index (Phi) is 5.27. The average molecular weight is 383 g/mol. The molecule has 148 valence electrons. The second-order valence-corrected chi connectivity index (χ2v) is 7.11. The predicted octanol–water partition coefficient (Wildman–Crippen LogP) is 2.18. The molecule has 4 rings (SSSR count). The lowest BCUT2D eigenvalue weighted by Gasteiger charge is -2.25. The van der Waals surface area contributed by atoms with Gasteiger partial charge in [0.2, 0.25) is 0 Å². The van der Waals surface area contributed by atoms with E-state index in [-0.39, 0.29) is 11.9 Å². The van der Waals surface area contributed by atoms with Gasteiger partial charge >= 0.3 is 0 Å². The largest absolute Gasteiger partial charge is 0.361 e. The minimum Gasteiger partial charge on any atom is -0.361 e. The summed E-state index contributed by atoms with van der Waals surface area (Å²) >= 11 is 0. The van der Waals surface area contributed by atoms with E-state index in [0.29, 0.717) is 6.54 Å². The van der Waals surface area contributed by atoms with Crippen LogP contribution >= 0.6 is 0 Å². The van der Waals surface area contributed by atoms with Crippen LogP contribution in [-0.4, -0.2) is 45.3 Å². The zero-order chi connectivity index (χ0) is 19.5. The fourth-order valence-electron chi connectivity index (χ4n) is 3.69. The van der Waals surface area contributed by atoms with Crippen LogP contribution < -0.4 is 10.6 Å². The lowest BCUT2D eigenvalue weighted by Crippen LogP contribution is -2.47. The number of aliphatic imine (C=N–C) groups is 1. The van der Waals surface area contributed by atoms with Gasteiger partial charge in [-0.2, -0.15) is 5.10 Å². The molecule has 8 heteroatoms. The van der Waals surface area contributed by atoms with E-state index in [1.807, 2.05) is 10.9 Å². The molecule has 1 aliphatic heterocycles. The van der Waals surface area contributed by atoms with Crippen molar-refractivity contribution in [3.8, 4) is 0 Å².